The minimum atomic E-state index is -1.87. The van der Waals surface area contributed by atoms with Crippen molar-refractivity contribution in [3.8, 4) is 0 Å². The fraction of sp³-hybridized carbons (Fsp3) is 0.647. The van der Waals surface area contributed by atoms with Crippen molar-refractivity contribution in [1.29, 1.82) is 0 Å². The monoisotopic (exact) mass is 332 g/mol. The molecular formula is C17H28N4OSi. The van der Waals surface area contributed by atoms with Gasteiger partial charge in [-0.1, -0.05) is 56.2 Å². The Bertz CT molecular complexity index is 564. The van der Waals surface area contributed by atoms with E-state index in [0.717, 1.165) is 19.6 Å². The lowest BCUT2D eigenvalue weighted by Crippen LogP contribution is -2.46. The molecule has 2 atom stereocenters. The summed E-state index contributed by atoms with van der Waals surface area (Å²) < 4.78 is 6.53. The zero-order valence-electron chi connectivity index (χ0n) is 14.9. The van der Waals surface area contributed by atoms with Gasteiger partial charge in [0.1, 0.15) is 0 Å². The van der Waals surface area contributed by atoms with Gasteiger partial charge in [-0.2, -0.15) is 0 Å². The van der Waals surface area contributed by atoms with Gasteiger partial charge in [-0.15, -0.1) is 0 Å². The summed E-state index contributed by atoms with van der Waals surface area (Å²) in [6, 6.07) is 10.3. The van der Waals surface area contributed by atoms with Crippen LogP contribution in [0.1, 0.15) is 26.3 Å². The fourth-order valence-corrected chi connectivity index (χ4v) is 3.99. The third kappa shape index (κ3) is 4.58. The number of azide groups is 1. The minimum absolute atomic E-state index is 0.00416. The van der Waals surface area contributed by atoms with Crippen LogP contribution in [0.4, 0.5) is 0 Å². The van der Waals surface area contributed by atoms with Crippen molar-refractivity contribution in [2.45, 2.75) is 57.6 Å². The van der Waals surface area contributed by atoms with Gasteiger partial charge in [0.15, 0.2) is 8.32 Å². The van der Waals surface area contributed by atoms with Gasteiger partial charge in [0.25, 0.3) is 0 Å². The maximum absolute atomic E-state index is 8.87. The molecule has 1 fully saturated rings. The largest absolute Gasteiger partial charge is 0.412 e. The van der Waals surface area contributed by atoms with Crippen LogP contribution in [0.5, 0.6) is 0 Å². The first-order valence-corrected chi connectivity index (χ1v) is 11.1. The van der Waals surface area contributed by atoms with E-state index in [1.165, 1.54) is 5.56 Å². The van der Waals surface area contributed by atoms with E-state index >= 15 is 0 Å². The van der Waals surface area contributed by atoms with Gasteiger partial charge < -0.3 is 4.43 Å². The molecule has 0 bridgehead atoms. The van der Waals surface area contributed by atoms with Gasteiger partial charge in [-0.25, -0.2) is 0 Å². The lowest BCUT2D eigenvalue weighted by molar-refractivity contribution is 0.170. The van der Waals surface area contributed by atoms with E-state index in [1.807, 2.05) is 6.07 Å². The summed E-state index contributed by atoms with van der Waals surface area (Å²) in [6.07, 6.45) is -0.00416. The highest BCUT2D eigenvalue weighted by Gasteiger charge is 2.43. The molecule has 1 aliphatic rings. The van der Waals surface area contributed by atoms with E-state index in [9.17, 15) is 0 Å². The Hall–Kier alpha value is -1.33. The predicted octanol–water partition coefficient (Wildman–Crippen LogP) is 4.57. The van der Waals surface area contributed by atoms with Crippen LogP contribution in [-0.4, -0.2) is 38.5 Å². The molecular weight excluding hydrogens is 304 g/mol. The Kier molecular flexibility index (Phi) is 5.52. The summed E-state index contributed by atoms with van der Waals surface area (Å²) in [4.78, 5) is 5.36. The first kappa shape index (κ1) is 18.0. The van der Waals surface area contributed by atoms with Crippen molar-refractivity contribution in [3.63, 3.8) is 0 Å². The van der Waals surface area contributed by atoms with Gasteiger partial charge in [-0.05, 0) is 29.2 Å². The van der Waals surface area contributed by atoms with E-state index in [4.69, 9.17) is 9.96 Å². The van der Waals surface area contributed by atoms with Gasteiger partial charge in [-0.3, -0.25) is 4.90 Å². The molecule has 1 aromatic rings. The van der Waals surface area contributed by atoms with Crippen LogP contribution in [0.25, 0.3) is 10.4 Å². The quantitative estimate of drug-likeness (QED) is 0.343. The molecule has 5 nitrogen and oxygen atoms in total. The van der Waals surface area contributed by atoms with Crippen LogP contribution >= 0.6 is 0 Å². The number of nitrogens with zero attached hydrogens (tertiary/aromatic N) is 4. The van der Waals surface area contributed by atoms with Crippen LogP contribution in [-0.2, 0) is 11.0 Å². The van der Waals surface area contributed by atoms with Crippen LogP contribution < -0.4 is 0 Å². The molecule has 1 saturated heterocycles. The third-order valence-corrected chi connectivity index (χ3v) is 9.52. The first-order valence-electron chi connectivity index (χ1n) is 8.21. The highest BCUT2D eigenvalue weighted by molar-refractivity contribution is 6.74. The van der Waals surface area contributed by atoms with Crippen LogP contribution in [0.3, 0.4) is 0 Å². The van der Waals surface area contributed by atoms with E-state index < -0.39 is 8.32 Å². The number of likely N-dealkylation sites (tertiary alicyclic amines) is 1. The number of hydrogen-bond donors (Lipinski definition) is 0. The van der Waals surface area contributed by atoms with Crippen molar-refractivity contribution in [1.82, 2.24) is 4.90 Å². The summed E-state index contributed by atoms with van der Waals surface area (Å²) >= 11 is 0. The molecule has 0 unspecified atom stereocenters. The minimum Gasteiger partial charge on any atom is -0.412 e. The SMILES string of the molecule is CC(C)(C)[Si](C)(C)O[C@H]1CN(Cc2ccccc2)C[C@H]1N=[N+]=[N-]. The molecule has 126 valence electrons. The van der Waals surface area contributed by atoms with Crippen molar-refractivity contribution in [3.05, 3.63) is 46.3 Å². The lowest BCUT2D eigenvalue weighted by atomic mass is 10.2. The molecule has 1 aromatic carbocycles. The zero-order valence-corrected chi connectivity index (χ0v) is 15.9. The number of hydrogen-bond acceptors (Lipinski definition) is 3. The smallest absolute Gasteiger partial charge is 0.192 e. The molecule has 1 heterocycles. The Morgan fingerprint density at radius 1 is 1.26 bits per heavy atom. The summed E-state index contributed by atoms with van der Waals surface area (Å²) in [7, 11) is -1.87. The molecule has 0 radical (unpaired) electrons. The lowest BCUT2D eigenvalue weighted by Gasteiger charge is -2.39. The normalized spacial score (nSPS) is 22.8. The summed E-state index contributed by atoms with van der Waals surface area (Å²) in [5.74, 6) is 0. The molecule has 0 saturated carbocycles. The summed E-state index contributed by atoms with van der Waals surface area (Å²) in [5, 5.41) is 4.15. The van der Waals surface area contributed by atoms with Gasteiger partial charge in [0.05, 0.1) is 12.1 Å². The Balaban J connectivity index is 2.08. The third-order valence-electron chi connectivity index (χ3n) is 5.01. The number of benzene rings is 1. The van der Waals surface area contributed by atoms with Gasteiger partial charge >= 0.3 is 0 Å². The fourth-order valence-electron chi connectivity index (χ4n) is 2.65. The van der Waals surface area contributed by atoms with Crippen molar-refractivity contribution < 1.29 is 4.43 Å². The maximum atomic E-state index is 8.87. The topological polar surface area (TPSA) is 61.2 Å². The Labute approximate surface area is 140 Å². The summed E-state index contributed by atoms with van der Waals surface area (Å²) in [5.41, 5.74) is 10.2. The van der Waals surface area contributed by atoms with Crippen LogP contribution in [0.2, 0.25) is 18.1 Å². The van der Waals surface area contributed by atoms with Crippen LogP contribution in [0.15, 0.2) is 35.4 Å². The molecule has 2 rings (SSSR count). The average molecular weight is 333 g/mol. The highest BCUT2D eigenvalue weighted by Crippen LogP contribution is 2.38. The molecule has 23 heavy (non-hydrogen) atoms. The van der Waals surface area contributed by atoms with E-state index in [1.54, 1.807) is 0 Å². The standard InChI is InChI=1S/C17H28N4OSi/c1-17(2,3)23(4,5)22-16-13-21(12-15(16)19-20-18)11-14-9-7-6-8-10-14/h6-10,15-16H,11-13H2,1-5H3/t15-,16+/m1/s1. The first-order chi connectivity index (χ1) is 10.7. The Morgan fingerprint density at radius 2 is 1.91 bits per heavy atom. The molecule has 0 amide bonds. The molecule has 1 aliphatic heterocycles. The molecule has 6 heteroatoms. The van der Waals surface area contributed by atoms with Gasteiger partial charge in [0.2, 0.25) is 0 Å². The summed E-state index contributed by atoms with van der Waals surface area (Å²) in [6.45, 7) is 13.7. The average Bonchev–Trinajstić information content (AvgIpc) is 2.80. The second-order valence-corrected chi connectivity index (χ2v) is 12.6. The Morgan fingerprint density at radius 3 is 2.48 bits per heavy atom. The van der Waals surface area contributed by atoms with Crippen molar-refractivity contribution >= 4 is 8.32 Å². The van der Waals surface area contributed by atoms with Crippen LogP contribution in [0, 0.1) is 0 Å². The highest BCUT2D eigenvalue weighted by atomic mass is 28.4. The molecule has 0 aliphatic carbocycles. The van der Waals surface area contributed by atoms with E-state index in [-0.39, 0.29) is 17.2 Å². The van der Waals surface area contributed by atoms with E-state index in [0.29, 0.717) is 0 Å². The maximum Gasteiger partial charge on any atom is 0.192 e. The van der Waals surface area contributed by atoms with Crippen molar-refractivity contribution in [2.24, 2.45) is 5.11 Å². The molecule has 0 spiro atoms. The van der Waals surface area contributed by atoms with E-state index in [2.05, 4.69) is 73.1 Å². The second-order valence-electron chi connectivity index (χ2n) is 7.87. The van der Waals surface area contributed by atoms with Gasteiger partial charge in [0, 0.05) is 24.5 Å². The second kappa shape index (κ2) is 7.05. The molecule has 0 N–H and O–H groups in total. The number of rotatable bonds is 5. The van der Waals surface area contributed by atoms with Crippen molar-refractivity contribution in [2.75, 3.05) is 13.1 Å². The molecule has 0 aromatic heterocycles. The zero-order chi connectivity index (χ0) is 17.1. The predicted molar refractivity (Wildman–Crippen MR) is 96.7 cm³/mol.